The van der Waals surface area contributed by atoms with Crippen molar-refractivity contribution >= 4 is 114 Å². The molecule has 4 aliphatic rings. The quantitative estimate of drug-likeness (QED) is 0.122. The largest absolute Gasteiger partial charge is 0.508 e. The first-order chi connectivity index (χ1) is 33.3. The van der Waals surface area contributed by atoms with Gasteiger partial charge in [0, 0.05) is 150 Å². The summed E-state index contributed by atoms with van der Waals surface area (Å²) in [6, 6.07) is 92.2. The van der Waals surface area contributed by atoms with Gasteiger partial charge in [-0.3, -0.25) is 6.07 Å². The predicted octanol–water partition coefficient (Wildman–Crippen LogP) is 10.8. The van der Waals surface area contributed by atoms with Gasteiger partial charge in [0.2, 0.25) is 0 Å². The van der Waals surface area contributed by atoms with Crippen LogP contribution >= 0.6 is 0 Å². The molecule has 10 aromatic rings. The molecule has 3 radical (unpaired) electrons. The Balaban J connectivity index is 0.00000178. The van der Waals surface area contributed by atoms with E-state index < -0.39 is 0 Å². The molecule has 5 nitrogen and oxygen atoms in total. The number of rotatable bonds is 6. The first-order valence-electron chi connectivity index (χ1n) is 22.8. The van der Waals surface area contributed by atoms with Crippen molar-refractivity contribution in [1.82, 2.24) is 0 Å². The van der Waals surface area contributed by atoms with Crippen LogP contribution < -0.4 is 57.1 Å². The van der Waals surface area contributed by atoms with Crippen LogP contribution in [0.1, 0.15) is 0 Å². The second-order valence-corrected chi connectivity index (χ2v) is 17.3. The third-order valence-corrected chi connectivity index (χ3v) is 13.7. The van der Waals surface area contributed by atoms with Crippen LogP contribution in [-0.2, 0) is 98.1 Å². The Bertz CT molecular complexity index is 3520. The van der Waals surface area contributed by atoms with E-state index in [0.29, 0.717) is 11.4 Å². The summed E-state index contributed by atoms with van der Waals surface area (Å²) in [5, 5.41) is 0. The van der Waals surface area contributed by atoms with Crippen molar-refractivity contribution < 1.29 is 103 Å². The molecule has 321 valence electrons. The Morgan fingerprint density at radius 2 is 0.857 bits per heavy atom. The van der Waals surface area contributed by atoms with Gasteiger partial charge in [0.1, 0.15) is 12.5 Å². The molecule has 0 aliphatic carbocycles. The van der Waals surface area contributed by atoms with Crippen molar-refractivity contribution in [3.63, 3.8) is 0 Å². The molecule has 0 atom stereocenters. The van der Waals surface area contributed by atoms with Gasteiger partial charge >= 0.3 is 0 Å². The Labute approximate surface area is 485 Å². The first-order valence-corrected chi connectivity index (χ1v) is 22.8. The number of para-hydroxylation sites is 7. The fourth-order valence-corrected chi connectivity index (χ4v) is 11.0. The third-order valence-electron chi connectivity index (χ3n) is 13.7. The number of benzene rings is 10. The zero-order chi connectivity index (χ0) is 44.0. The molecule has 4 heterocycles. The maximum atomic E-state index is 7.39. The maximum Gasteiger partial charge on any atom is 0.252 e. The summed E-state index contributed by atoms with van der Waals surface area (Å²) in [7, 11) is 0. The molecule has 10 aromatic carbocycles. The fourth-order valence-electron chi connectivity index (χ4n) is 11.0. The number of hydrogen-bond acceptors (Lipinski definition) is 5. The van der Waals surface area contributed by atoms with Crippen LogP contribution in [0.3, 0.4) is 0 Å². The maximum absolute atomic E-state index is 7.39. The normalized spacial score (nSPS) is 12.8. The molecule has 0 bridgehead atoms. The Hall–Kier alpha value is -5.36. The number of anilines is 12. The molecule has 0 unspecified atom stereocenters. The second-order valence-electron chi connectivity index (χ2n) is 17.3. The molecule has 0 N–H and O–H groups in total. The topological polar surface area (TPSA) is 22.2 Å². The van der Waals surface area contributed by atoms with Crippen LogP contribution in [0, 0.1) is 24.3 Å². The van der Waals surface area contributed by atoms with Crippen LogP contribution in [0.5, 0.6) is 11.5 Å². The van der Waals surface area contributed by atoms with Gasteiger partial charge < -0.3 is 30.4 Å². The van der Waals surface area contributed by atoms with Crippen molar-refractivity contribution in [3.05, 3.63) is 243 Å². The number of ether oxygens (including phenoxy) is 1. The second kappa shape index (κ2) is 19.3. The van der Waals surface area contributed by atoms with Gasteiger partial charge in [-0.1, -0.05) is 131 Å². The smallest absolute Gasteiger partial charge is 0.252 e. The molecule has 4 aliphatic heterocycles. The number of fused-ring (bicyclic) bond motifs is 8. The van der Waals surface area contributed by atoms with Crippen LogP contribution in [0.15, 0.2) is 218 Å². The van der Waals surface area contributed by atoms with E-state index in [1.165, 1.54) is 33.2 Å². The van der Waals surface area contributed by atoms with Crippen LogP contribution in [0.4, 0.5) is 68.2 Å². The minimum absolute atomic E-state index is 0. The van der Waals surface area contributed by atoms with Gasteiger partial charge in [0.25, 0.3) is 6.71 Å². The van der Waals surface area contributed by atoms with Crippen molar-refractivity contribution in [2.75, 3.05) is 19.6 Å². The average Bonchev–Trinajstić information content (AvgIpc) is 3.39. The standard InChI is InChI=1S/C60H36B2N4O.3Y/c1-6-21-41(22-7-1)63(42-23-8-2-9-24-42)46-37-56-60-58(38-46)67-57-40-55-49(39-50(57)62(60)48-32-17-19-34-52(48)65(56)44-27-12-4-13-28-44)61-47-31-16-18-33-51(47)64(43-25-10-3-11-26-43)53-35-20-36-54(59(53)61)66(55)45-29-14-5-15-30-45;;;/h1-21,23,25-36,39-40H;;;/q-4;;;. The van der Waals surface area contributed by atoms with E-state index >= 15 is 0 Å². The molecule has 0 saturated carbocycles. The summed E-state index contributed by atoms with van der Waals surface area (Å²) in [6.07, 6.45) is 0. The van der Waals surface area contributed by atoms with Crippen molar-refractivity contribution in [2.24, 2.45) is 0 Å². The summed E-state index contributed by atoms with van der Waals surface area (Å²) in [6.45, 7) is -0.236. The van der Waals surface area contributed by atoms with E-state index in [0.717, 1.165) is 67.9 Å². The SMILES string of the molecule is [Y].[Y].[Y].[c-]1ccccc1N(c1[c-]c2c3c([c-]1)N(c1ccccc1)c1ccccc1B3c1cc3c(cc1O2)N(c1ccccc1)c1cccc2c1B3c1ccccc1N2c1ccccc1)c1[c-]cccc1. The third kappa shape index (κ3) is 7.46. The van der Waals surface area contributed by atoms with Gasteiger partial charge in [-0.15, -0.1) is 12.1 Å². The monoisotopic (exact) mass is 1120 g/mol. The van der Waals surface area contributed by atoms with E-state index in [-0.39, 0.29) is 112 Å². The van der Waals surface area contributed by atoms with Crippen molar-refractivity contribution in [1.29, 1.82) is 0 Å². The summed E-state index contributed by atoms with van der Waals surface area (Å²) >= 11 is 0. The van der Waals surface area contributed by atoms with E-state index in [4.69, 9.17) is 4.74 Å². The molecule has 10 heteroatoms. The Morgan fingerprint density at radius 1 is 0.386 bits per heavy atom. The molecule has 14 rings (SSSR count). The molecule has 70 heavy (non-hydrogen) atoms. The van der Waals surface area contributed by atoms with Crippen molar-refractivity contribution in [3.8, 4) is 11.5 Å². The molecular weight excluding hydrogens is 1080 g/mol. The zero-order valence-corrected chi connectivity index (χ0v) is 46.4. The molecular formula is C60H36B2N4OY3-4. The van der Waals surface area contributed by atoms with E-state index in [1.807, 2.05) is 36.4 Å². The summed E-state index contributed by atoms with van der Waals surface area (Å²) in [4.78, 5) is 9.33. The van der Waals surface area contributed by atoms with Gasteiger partial charge in [0.15, 0.2) is 0 Å². The minimum Gasteiger partial charge on any atom is -0.508 e. The molecule has 0 aromatic heterocycles. The Morgan fingerprint density at radius 3 is 1.41 bits per heavy atom. The molecule has 0 spiro atoms. The first kappa shape index (κ1) is 47.0. The van der Waals surface area contributed by atoms with Crippen LogP contribution in [0.25, 0.3) is 0 Å². The van der Waals surface area contributed by atoms with E-state index in [1.54, 1.807) is 0 Å². The molecule has 0 saturated heterocycles. The summed E-state index contributed by atoms with van der Waals surface area (Å²) < 4.78 is 7.39. The summed E-state index contributed by atoms with van der Waals surface area (Å²) in [5.41, 5.74) is 19.4. The van der Waals surface area contributed by atoms with Gasteiger partial charge in [0.05, 0.1) is 0 Å². The van der Waals surface area contributed by atoms with Crippen LogP contribution in [-0.4, -0.2) is 13.4 Å². The van der Waals surface area contributed by atoms with Gasteiger partial charge in [-0.2, -0.15) is 59.9 Å². The average molecular weight is 1120 g/mol. The predicted molar refractivity (Wildman–Crippen MR) is 276 cm³/mol. The molecule has 0 amide bonds. The van der Waals surface area contributed by atoms with E-state index in [9.17, 15) is 0 Å². The minimum atomic E-state index is -0.182. The van der Waals surface area contributed by atoms with Crippen molar-refractivity contribution in [2.45, 2.75) is 0 Å². The Kier molecular flexibility index (Phi) is 13.0. The summed E-state index contributed by atoms with van der Waals surface area (Å²) in [5.74, 6) is 1.47. The van der Waals surface area contributed by atoms with Crippen LogP contribution in [0.2, 0.25) is 0 Å². The molecule has 0 fully saturated rings. The number of hydrogen-bond donors (Lipinski definition) is 0. The van der Waals surface area contributed by atoms with Gasteiger partial charge in [-0.05, 0) is 77.1 Å². The number of nitrogens with zero attached hydrogens (tertiary/aromatic N) is 4. The van der Waals surface area contributed by atoms with E-state index in [2.05, 4.69) is 226 Å². The van der Waals surface area contributed by atoms with Gasteiger partial charge in [-0.25, -0.2) is 5.46 Å². The zero-order valence-electron chi connectivity index (χ0n) is 37.9. The fraction of sp³-hybridized carbons (Fsp3) is 0.